The maximum absolute atomic E-state index is 14.0. The minimum Gasteiger partial charge on any atom is -0.383 e. The van der Waals surface area contributed by atoms with Crippen LogP contribution in [0.4, 0.5) is 48.3 Å². The molecule has 1 saturated carbocycles. The Morgan fingerprint density at radius 3 is 1.42 bits per heavy atom. The van der Waals surface area contributed by atoms with E-state index < -0.39 is 54.3 Å². The lowest BCUT2D eigenvalue weighted by Gasteiger charge is -2.51. The summed E-state index contributed by atoms with van der Waals surface area (Å²) in [5.41, 5.74) is -6.65. The van der Waals surface area contributed by atoms with Crippen molar-refractivity contribution in [2.75, 3.05) is 20.3 Å². The number of alkyl halides is 11. The minimum absolute atomic E-state index is 0.637. The normalized spacial score (nSPS) is 28.2. The third kappa shape index (κ3) is 1.97. The Bertz CT molecular complexity index is 489. The number of carbonyl (C=O) groups is 1. The largest absolute Gasteiger partial charge is 0.384 e. The van der Waals surface area contributed by atoms with Crippen LogP contribution in [0.3, 0.4) is 0 Å². The summed E-state index contributed by atoms with van der Waals surface area (Å²) < 4.78 is 150. The molecule has 0 bridgehead atoms. The fraction of sp³-hybridized carbons (Fsp3) is 0.900. The summed E-state index contributed by atoms with van der Waals surface area (Å²) in [4.78, 5) is 11.2. The van der Waals surface area contributed by atoms with Crippen molar-refractivity contribution in [3.8, 4) is 0 Å². The number of halogens is 11. The summed E-state index contributed by atoms with van der Waals surface area (Å²) >= 11 is 0. The molecule has 0 saturated heterocycles. The van der Waals surface area contributed by atoms with Crippen LogP contribution in [0.1, 0.15) is 0 Å². The number of methoxy groups -OCH3 is 1. The van der Waals surface area contributed by atoms with Crippen LogP contribution in [0, 0.1) is 0 Å². The van der Waals surface area contributed by atoms with E-state index in [0.717, 1.165) is 12.4 Å². The molecule has 14 heteroatoms. The first-order valence-corrected chi connectivity index (χ1v) is 5.83. The smallest absolute Gasteiger partial charge is 0.383 e. The lowest BCUT2D eigenvalue weighted by molar-refractivity contribution is -0.476. The van der Waals surface area contributed by atoms with Crippen LogP contribution in [0.2, 0.25) is 0 Å². The number of amides is 1. The molecule has 142 valence electrons. The molecule has 3 nitrogen and oxygen atoms in total. The van der Waals surface area contributed by atoms with Gasteiger partial charge in [-0.2, -0.15) is 43.9 Å². The van der Waals surface area contributed by atoms with Crippen LogP contribution in [-0.2, 0) is 9.53 Å². The number of hydrogen-bond acceptors (Lipinski definition) is 2. The van der Waals surface area contributed by atoms with Gasteiger partial charge in [0.2, 0.25) is 0 Å². The molecule has 0 spiro atoms. The number of ether oxygens (including phenoxy) is 1. The molecular weight excluding hydrogens is 375 g/mol. The molecule has 0 atom stereocenters. The van der Waals surface area contributed by atoms with Gasteiger partial charge in [0.15, 0.2) is 0 Å². The second-order valence-electron chi connectivity index (χ2n) is 4.78. The highest BCUT2D eigenvalue weighted by molar-refractivity contribution is 5.88. The molecule has 0 aromatic carbocycles. The van der Waals surface area contributed by atoms with Gasteiger partial charge >= 0.3 is 35.3 Å². The molecule has 1 rings (SSSR count). The van der Waals surface area contributed by atoms with Gasteiger partial charge in [-0.15, -0.1) is 0 Å². The van der Waals surface area contributed by atoms with Crippen molar-refractivity contribution >= 4 is 5.91 Å². The first kappa shape index (κ1) is 20.7. The second kappa shape index (κ2) is 5.33. The van der Waals surface area contributed by atoms with E-state index in [-0.39, 0.29) is 0 Å². The average Bonchev–Trinajstić information content (AvgIpc) is 2.44. The van der Waals surface area contributed by atoms with E-state index >= 15 is 0 Å². The van der Waals surface area contributed by atoms with Crippen LogP contribution in [0.15, 0.2) is 0 Å². The van der Waals surface area contributed by atoms with Crippen molar-refractivity contribution in [3.63, 3.8) is 0 Å². The van der Waals surface area contributed by atoms with Crippen LogP contribution in [0.25, 0.3) is 0 Å². The van der Waals surface area contributed by atoms with E-state index in [1.54, 1.807) is 0 Å². The summed E-state index contributed by atoms with van der Waals surface area (Å²) in [6.45, 7) is -1.66. The van der Waals surface area contributed by atoms with Gasteiger partial charge < -0.3 is 10.1 Å². The van der Waals surface area contributed by atoms with Crippen molar-refractivity contribution in [1.29, 1.82) is 0 Å². The Morgan fingerprint density at radius 2 is 1.08 bits per heavy atom. The van der Waals surface area contributed by atoms with Gasteiger partial charge in [0.05, 0.1) is 6.61 Å². The Labute approximate surface area is 126 Å². The summed E-state index contributed by atoms with van der Waals surface area (Å²) in [5, 5.41) is 0.897. The second-order valence-corrected chi connectivity index (χ2v) is 4.78. The topological polar surface area (TPSA) is 38.3 Å². The number of carbonyl (C=O) groups excluding carboxylic acids is 1. The molecule has 0 heterocycles. The van der Waals surface area contributed by atoms with Crippen LogP contribution in [0.5, 0.6) is 0 Å². The van der Waals surface area contributed by atoms with Crippen molar-refractivity contribution in [3.05, 3.63) is 0 Å². The maximum atomic E-state index is 14.0. The Hall–Kier alpha value is -1.34. The Kier molecular flexibility index (Phi) is 4.60. The van der Waals surface area contributed by atoms with Gasteiger partial charge in [-0.1, -0.05) is 0 Å². The molecule has 1 aliphatic carbocycles. The van der Waals surface area contributed by atoms with Gasteiger partial charge in [-0.25, -0.2) is 4.39 Å². The zero-order valence-corrected chi connectivity index (χ0v) is 11.4. The first-order valence-electron chi connectivity index (χ1n) is 5.83. The Balaban J connectivity index is 3.60. The predicted molar refractivity (Wildman–Crippen MR) is 53.5 cm³/mol. The van der Waals surface area contributed by atoms with E-state index in [0.29, 0.717) is 0 Å². The van der Waals surface area contributed by atoms with E-state index in [1.165, 1.54) is 0 Å². The molecule has 0 aromatic heterocycles. The molecule has 1 aliphatic rings. The van der Waals surface area contributed by atoms with Crippen molar-refractivity contribution in [1.82, 2.24) is 5.32 Å². The first-order chi connectivity index (χ1) is 10.5. The standard InChI is InChI=1S/C10H8F11NO2/c1-24-3-2-22-4(23)5(11)6(12,13)8(16,17)10(20,21)9(18,19)7(5,14)15/h2-3H2,1H3,(H,22,23). The van der Waals surface area contributed by atoms with Crippen molar-refractivity contribution < 1.29 is 57.8 Å². The monoisotopic (exact) mass is 383 g/mol. The molecule has 1 fully saturated rings. The Morgan fingerprint density at radius 1 is 0.750 bits per heavy atom. The molecule has 0 unspecified atom stereocenters. The van der Waals surface area contributed by atoms with Gasteiger partial charge in [0, 0.05) is 13.7 Å². The third-order valence-electron chi connectivity index (χ3n) is 3.35. The molecule has 24 heavy (non-hydrogen) atoms. The maximum Gasteiger partial charge on any atom is 0.384 e. The van der Waals surface area contributed by atoms with Crippen molar-refractivity contribution in [2.24, 2.45) is 0 Å². The van der Waals surface area contributed by atoms with Gasteiger partial charge in [-0.05, 0) is 0 Å². The molecule has 0 radical (unpaired) electrons. The van der Waals surface area contributed by atoms with Crippen LogP contribution in [-0.4, -0.2) is 61.5 Å². The van der Waals surface area contributed by atoms with E-state index in [9.17, 15) is 53.1 Å². The van der Waals surface area contributed by atoms with E-state index in [4.69, 9.17) is 0 Å². The van der Waals surface area contributed by atoms with Gasteiger partial charge in [0.25, 0.3) is 5.91 Å². The molecular formula is C10H8F11NO2. The molecule has 0 aliphatic heterocycles. The zero-order chi connectivity index (χ0) is 19.4. The molecule has 0 aromatic rings. The van der Waals surface area contributed by atoms with Crippen LogP contribution < -0.4 is 5.32 Å². The highest BCUT2D eigenvalue weighted by atomic mass is 19.4. The molecule has 1 N–H and O–H groups in total. The summed E-state index contributed by atoms with van der Waals surface area (Å²) in [5.74, 6) is -39.6. The van der Waals surface area contributed by atoms with E-state index in [2.05, 4.69) is 4.74 Å². The summed E-state index contributed by atoms with van der Waals surface area (Å²) in [6.07, 6.45) is 0. The fourth-order valence-electron chi connectivity index (χ4n) is 1.89. The average molecular weight is 383 g/mol. The highest BCUT2D eigenvalue weighted by Crippen LogP contribution is 2.69. The minimum atomic E-state index is -7.34. The quantitative estimate of drug-likeness (QED) is 0.599. The van der Waals surface area contributed by atoms with Crippen LogP contribution >= 0.6 is 0 Å². The van der Waals surface area contributed by atoms with Crippen molar-refractivity contribution in [2.45, 2.75) is 35.3 Å². The van der Waals surface area contributed by atoms with E-state index in [1.807, 2.05) is 0 Å². The highest BCUT2D eigenvalue weighted by Gasteiger charge is 3.02. The van der Waals surface area contributed by atoms with Gasteiger partial charge in [0.1, 0.15) is 0 Å². The fourth-order valence-corrected chi connectivity index (χ4v) is 1.89. The predicted octanol–water partition coefficient (Wildman–Crippen LogP) is 2.65. The number of rotatable bonds is 4. The third-order valence-corrected chi connectivity index (χ3v) is 3.35. The number of nitrogens with one attached hydrogen (secondary N) is 1. The summed E-state index contributed by atoms with van der Waals surface area (Å²) in [6, 6.07) is 0. The number of hydrogen-bond donors (Lipinski definition) is 1. The SMILES string of the molecule is COCCNC(=O)C1(F)C(F)(F)C(F)(F)C(F)(F)C(F)(F)C1(F)F. The zero-order valence-electron chi connectivity index (χ0n) is 11.4. The lowest BCUT2D eigenvalue weighted by atomic mass is 9.71. The summed E-state index contributed by atoms with van der Waals surface area (Å²) in [7, 11) is 0.935. The van der Waals surface area contributed by atoms with Gasteiger partial charge in [-0.3, -0.25) is 4.79 Å². The molecule has 1 amide bonds. The lowest BCUT2D eigenvalue weighted by Crippen LogP contribution is -2.86.